The van der Waals surface area contributed by atoms with Gasteiger partial charge in [0, 0.05) is 10.9 Å². The number of furan rings is 1. The third-order valence-corrected chi connectivity index (χ3v) is 5.27. The van der Waals surface area contributed by atoms with Gasteiger partial charge in [-0.15, -0.1) is 0 Å². The van der Waals surface area contributed by atoms with E-state index in [-0.39, 0.29) is 17.3 Å². The van der Waals surface area contributed by atoms with E-state index in [1.165, 1.54) is 0 Å². The predicted octanol–water partition coefficient (Wildman–Crippen LogP) is 6.39. The van der Waals surface area contributed by atoms with Crippen molar-refractivity contribution in [3.63, 3.8) is 0 Å². The van der Waals surface area contributed by atoms with Crippen LogP contribution >= 0.6 is 11.6 Å². The smallest absolute Gasteiger partial charge is 0.379 e. The van der Waals surface area contributed by atoms with Gasteiger partial charge in [0.25, 0.3) is 0 Å². The van der Waals surface area contributed by atoms with E-state index >= 15 is 0 Å². The monoisotopic (exact) mass is 430 g/mol. The molecule has 0 N–H and O–H groups in total. The molecule has 0 spiro atoms. The van der Waals surface area contributed by atoms with Gasteiger partial charge in [-0.3, -0.25) is 4.79 Å². The van der Waals surface area contributed by atoms with Crippen LogP contribution < -0.4 is 10.2 Å². The van der Waals surface area contributed by atoms with Gasteiger partial charge in [-0.25, -0.2) is 4.79 Å². The summed E-state index contributed by atoms with van der Waals surface area (Å²) in [6, 6.07) is 20.9. The molecule has 3 aromatic carbocycles. The number of carbonyl (C=O) groups is 1. The Hall–Kier alpha value is -3.83. The molecule has 0 saturated heterocycles. The van der Waals surface area contributed by atoms with Gasteiger partial charge in [-0.05, 0) is 43.3 Å². The minimum absolute atomic E-state index is 0.0185. The average Bonchev–Trinajstić information content (AvgIpc) is 3.21. The highest BCUT2D eigenvalue weighted by molar-refractivity contribution is 6.33. The minimum Gasteiger partial charge on any atom is -0.452 e. The lowest BCUT2D eigenvalue weighted by Gasteiger charge is -2.11. The van der Waals surface area contributed by atoms with Crippen LogP contribution in [0.25, 0.3) is 33.3 Å². The lowest BCUT2D eigenvalue weighted by Crippen LogP contribution is -2.16. The molecule has 5 rings (SSSR count). The molecule has 0 saturated carbocycles. The van der Waals surface area contributed by atoms with Crippen LogP contribution in [-0.2, 0) is 0 Å². The van der Waals surface area contributed by atoms with Crippen molar-refractivity contribution >= 4 is 39.5 Å². The number of esters is 1. The zero-order valence-corrected chi connectivity index (χ0v) is 17.1. The number of benzene rings is 3. The highest BCUT2D eigenvalue weighted by atomic mass is 35.5. The van der Waals surface area contributed by atoms with Gasteiger partial charge in [-0.1, -0.05) is 53.6 Å². The van der Waals surface area contributed by atoms with E-state index in [1.807, 2.05) is 25.1 Å². The standard InChI is InChI=1S/C25H15ClO5/c1-14-10-11-20-17(12-14)22(27)24(23(30-20)16-7-3-4-8-18(16)26)31-25(28)21-13-15-6-2-5-9-19(15)29-21/h2-13H,1H3. The van der Waals surface area contributed by atoms with Crippen molar-refractivity contribution in [3.05, 3.63) is 99.4 Å². The van der Waals surface area contributed by atoms with Crippen molar-refractivity contribution in [3.8, 4) is 17.1 Å². The molecule has 5 aromatic rings. The number of halogens is 1. The number of fused-ring (bicyclic) bond motifs is 2. The zero-order valence-electron chi connectivity index (χ0n) is 16.3. The van der Waals surface area contributed by atoms with E-state index in [0.717, 1.165) is 10.9 Å². The minimum atomic E-state index is -0.802. The summed E-state index contributed by atoms with van der Waals surface area (Å²) in [7, 11) is 0. The molecule has 0 atom stereocenters. The molecule has 0 aliphatic carbocycles. The lowest BCUT2D eigenvalue weighted by molar-refractivity contribution is 0.0700. The average molecular weight is 431 g/mol. The van der Waals surface area contributed by atoms with Crippen molar-refractivity contribution < 1.29 is 18.4 Å². The Labute approximate surface area is 181 Å². The van der Waals surface area contributed by atoms with E-state index in [4.69, 9.17) is 25.2 Å². The Bertz CT molecular complexity index is 1490. The van der Waals surface area contributed by atoms with Crippen molar-refractivity contribution in [2.45, 2.75) is 6.92 Å². The molecule has 0 amide bonds. The fraction of sp³-hybridized carbons (Fsp3) is 0.0400. The van der Waals surface area contributed by atoms with Crippen LogP contribution in [0, 0.1) is 6.92 Å². The van der Waals surface area contributed by atoms with Crippen LogP contribution in [0.2, 0.25) is 5.02 Å². The normalized spacial score (nSPS) is 11.2. The number of carbonyl (C=O) groups excluding carboxylic acids is 1. The van der Waals surface area contributed by atoms with Crippen molar-refractivity contribution in [1.82, 2.24) is 0 Å². The zero-order chi connectivity index (χ0) is 21.5. The first kappa shape index (κ1) is 19.2. The number of hydrogen-bond acceptors (Lipinski definition) is 5. The maximum Gasteiger partial charge on any atom is 0.379 e. The van der Waals surface area contributed by atoms with E-state index in [2.05, 4.69) is 0 Å². The highest BCUT2D eigenvalue weighted by Gasteiger charge is 2.24. The van der Waals surface area contributed by atoms with Gasteiger partial charge >= 0.3 is 5.97 Å². The number of aryl methyl sites for hydroxylation is 1. The van der Waals surface area contributed by atoms with Gasteiger partial charge in [0.2, 0.25) is 16.9 Å². The predicted molar refractivity (Wildman–Crippen MR) is 119 cm³/mol. The van der Waals surface area contributed by atoms with Crippen LogP contribution in [0.1, 0.15) is 16.1 Å². The molecule has 5 nitrogen and oxygen atoms in total. The number of para-hydroxylation sites is 1. The molecule has 0 aliphatic heterocycles. The summed E-state index contributed by atoms with van der Waals surface area (Å²) in [5.41, 5.74) is 1.76. The third kappa shape index (κ3) is 3.39. The fourth-order valence-corrected chi connectivity index (χ4v) is 3.65. The van der Waals surface area contributed by atoms with Crippen molar-refractivity contribution in [2.75, 3.05) is 0 Å². The van der Waals surface area contributed by atoms with Crippen molar-refractivity contribution in [2.24, 2.45) is 0 Å². The first-order chi connectivity index (χ1) is 15.0. The Kier molecular flexibility index (Phi) is 4.60. The maximum atomic E-state index is 13.3. The number of rotatable bonds is 3. The molecule has 6 heteroatoms. The largest absolute Gasteiger partial charge is 0.452 e. The summed E-state index contributed by atoms with van der Waals surface area (Å²) >= 11 is 6.35. The van der Waals surface area contributed by atoms with Crippen LogP contribution in [0.15, 0.2) is 86.4 Å². The highest BCUT2D eigenvalue weighted by Crippen LogP contribution is 2.36. The molecule has 0 bridgehead atoms. The Morgan fingerprint density at radius 2 is 1.68 bits per heavy atom. The van der Waals surface area contributed by atoms with E-state index in [9.17, 15) is 9.59 Å². The van der Waals surface area contributed by atoms with E-state index < -0.39 is 11.4 Å². The Morgan fingerprint density at radius 3 is 2.48 bits per heavy atom. The summed E-state index contributed by atoms with van der Waals surface area (Å²) in [6.45, 7) is 1.86. The first-order valence-corrected chi connectivity index (χ1v) is 9.92. The Balaban J connectivity index is 1.69. The topological polar surface area (TPSA) is 69.7 Å². The van der Waals surface area contributed by atoms with Gasteiger partial charge in [0.1, 0.15) is 11.2 Å². The molecule has 2 aromatic heterocycles. The molecule has 0 unspecified atom stereocenters. The summed E-state index contributed by atoms with van der Waals surface area (Å²) < 4.78 is 17.1. The molecule has 31 heavy (non-hydrogen) atoms. The van der Waals surface area contributed by atoms with Gasteiger partial charge < -0.3 is 13.6 Å². The summed E-state index contributed by atoms with van der Waals surface area (Å²) in [5.74, 6) is -0.980. The Morgan fingerprint density at radius 1 is 0.903 bits per heavy atom. The van der Waals surface area contributed by atoms with Crippen LogP contribution in [0.5, 0.6) is 5.75 Å². The van der Waals surface area contributed by atoms with Crippen LogP contribution in [-0.4, -0.2) is 5.97 Å². The number of ether oxygens (including phenoxy) is 1. The van der Waals surface area contributed by atoms with Gasteiger partial charge in [0.15, 0.2) is 5.76 Å². The van der Waals surface area contributed by atoms with Crippen LogP contribution in [0.3, 0.4) is 0 Å². The molecule has 0 aliphatic rings. The maximum absolute atomic E-state index is 13.3. The van der Waals surface area contributed by atoms with Gasteiger partial charge in [0.05, 0.1) is 10.4 Å². The second kappa shape index (κ2) is 7.45. The molecule has 152 valence electrons. The molecular weight excluding hydrogens is 416 g/mol. The second-order valence-electron chi connectivity index (χ2n) is 7.11. The third-order valence-electron chi connectivity index (χ3n) is 4.94. The van der Waals surface area contributed by atoms with Gasteiger partial charge in [-0.2, -0.15) is 0 Å². The summed E-state index contributed by atoms with van der Waals surface area (Å²) in [4.78, 5) is 26.2. The lowest BCUT2D eigenvalue weighted by atomic mass is 10.1. The van der Waals surface area contributed by atoms with Crippen LogP contribution in [0.4, 0.5) is 0 Å². The SMILES string of the molecule is Cc1ccc2oc(-c3ccccc3Cl)c(OC(=O)c3cc4ccccc4o3)c(=O)c2c1. The first-order valence-electron chi connectivity index (χ1n) is 9.54. The quantitative estimate of drug-likeness (QED) is 0.310. The summed E-state index contributed by atoms with van der Waals surface area (Å²) in [6.07, 6.45) is 0. The molecular formula is C25H15ClO5. The summed E-state index contributed by atoms with van der Waals surface area (Å²) in [5, 5.41) is 1.42. The molecule has 0 fully saturated rings. The second-order valence-corrected chi connectivity index (χ2v) is 7.51. The van der Waals surface area contributed by atoms with Crippen molar-refractivity contribution in [1.29, 1.82) is 0 Å². The molecule has 0 radical (unpaired) electrons. The fourth-order valence-electron chi connectivity index (χ4n) is 3.43. The van der Waals surface area contributed by atoms with E-state index in [0.29, 0.717) is 27.1 Å². The molecule has 2 heterocycles. The number of hydrogen-bond donors (Lipinski definition) is 0. The van der Waals surface area contributed by atoms with E-state index in [1.54, 1.807) is 54.6 Å².